The van der Waals surface area contributed by atoms with Gasteiger partial charge in [-0.25, -0.2) is 9.37 Å². The standard InChI is InChI=1S/C18H20FN3O2/c1-12(13-3-5-14(19)6-4-13)9-17(23)22-11-15(24-2)10-16(22)18-20-7-8-21-18/h3-9,15-16H,10-11H2,1-2H3,(H,20,21)/b12-9+/t15-,16?/m1/s1. The lowest BCUT2D eigenvalue weighted by atomic mass is 10.1. The van der Waals surface area contributed by atoms with Gasteiger partial charge in [-0.3, -0.25) is 4.79 Å². The molecule has 0 radical (unpaired) electrons. The maximum absolute atomic E-state index is 13.0. The zero-order valence-corrected chi connectivity index (χ0v) is 13.7. The molecule has 1 N–H and O–H groups in total. The lowest BCUT2D eigenvalue weighted by molar-refractivity contribution is -0.127. The molecule has 2 atom stereocenters. The van der Waals surface area contributed by atoms with Crippen LogP contribution in [-0.2, 0) is 9.53 Å². The average Bonchev–Trinajstić information content (AvgIpc) is 3.24. The molecule has 0 spiro atoms. The first kappa shape index (κ1) is 16.4. The molecule has 0 bridgehead atoms. The van der Waals surface area contributed by atoms with Gasteiger partial charge in [0.25, 0.3) is 0 Å². The number of carbonyl (C=O) groups is 1. The van der Waals surface area contributed by atoms with Crippen LogP contribution in [0, 0.1) is 5.82 Å². The minimum absolute atomic E-state index is 0.0106. The topological polar surface area (TPSA) is 58.2 Å². The maximum atomic E-state index is 13.0. The van der Waals surface area contributed by atoms with Crippen LogP contribution in [0.5, 0.6) is 0 Å². The highest BCUT2D eigenvalue weighted by molar-refractivity contribution is 5.95. The largest absolute Gasteiger partial charge is 0.380 e. The van der Waals surface area contributed by atoms with E-state index in [-0.39, 0.29) is 23.9 Å². The highest BCUT2D eigenvalue weighted by atomic mass is 19.1. The van der Waals surface area contributed by atoms with E-state index in [1.54, 1.807) is 42.6 Å². The van der Waals surface area contributed by atoms with Crippen molar-refractivity contribution in [3.63, 3.8) is 0 Å². The number of benzene rings is 1. The molecule has 1 aliphatic heterocycles. The van der Waals surface area contributed by atoms with Crippen molar-refractivity contribution in [1.82, 2.24) is 14.9 Å². The summed E-state index contributed by atoms with van der Waals surface area (Å²) in [6.45, 7) is 2.37. The minimum atomic E-state index is -0.293. The summed E-state index contributed by atoms with van der Waals surface area (Å²) in [6.07, 6.45) is 5.71. The molecule has 1 aliphatic rings. The molecule has 1 fully saturated rings. The normalized spacial score (nSPS) is 21.3. The Balaban J connectivity index is 1.81. The summed E-state index contributed by atoms with van der Waals surface area (Å²) >= 11 is 0. The van der Waals surface area contributed by atoms with Crippen molar-refractivity contribution in [3.05, 3.63) is 59.9 Å². The van der Waals surface area contributed by atoms with Gasteiger partial charge in [0.05, 0.1) is 12.1 Å². The third-order valence-electron chi connectivity index (χ3n) is 4.35. The molecule has 1 saturated heterocycles. The number of allylic oxidation sites excluding steroid dienone is 1. The molecular formula is C18H20FN3O2. The highest BCUT2D eigenvalue weighted by Gasteiger charge is 2.37. The van der Waals surface area contributed by atoms with E-state index in [2.05, 4.69) is 9.97 Å². The molecule has 6 heteroatoms. The Labute approximate surface area is 140 Å². The van der Waals surface area contributed by atoms with Crippen LogP contribution in [0.4, 0.5) is 4.39 Å². The van der Waals surface area contributed by atoms with E-state index in [1.807, 2.05) is 6.92 Å². The molecule has 3 rings (SSSR count). The summed E-state index contributed by atoms with van der Waals surface area (Å²) in [5.74, 6) is 0.367. The summed E-state index contributed by atoms with van der Waals surface area (Å²) < 4.78 is 18.5. The zero-order valence-electron chi connectivity index (χ0n) is 13.7. The van der Waals surface area contributed by atoms with Gasteiger partial charge in [-0.2, -0.15) is 0 Å². The van der Waals surface area contributed by atoms with Gasteiger partial charge in [-0.15, -0.1) is 0 Å². The Morgan fingerprint density at radius 2 is 2.17 bits per heavy atom. The average molecular weight is 329 g/mol. The molecule has 24 heavy (non-hydrogen) atoms. The number of rotatable bonds is 4. The summed E-state index contributed by atoms with van der Waals surface area (Å²) in [7, 11) is 1.65. The number of nitrogens with zero attached hydrogens (tertiary/aromatic N) is 2. The predicted octanol–water partition coefficient (Wildman–Crippen LogP) is 2.94. The number of ether oxygens (including phenoxy) is 1. The fourth-order valence-corrected chi connectivity index (χ4v) is 2.99. The highest BCUT2D eigenvalue weighted by Crippen LogP contribution is 2.32. The van der Waals surface area contributed by atoms with E-state index in [4.69, 9.17) is 4.74 Å². The second kappa shape index (κ2) is 6.97. The molecule has 1 unspecified atom stereocenters. The summed E-state index contributed by atoms with van der Waals surface area (Å²) in [5, 5.41) is 0. The third-order valence-corrected chi connectivity index (χ3v) is 4.35. The molecule has 0 saturated carbocycles. The van der Waals surface area contributed by atoms with Crippen LogP contribution in [0.25, 0.3) is 5.57 Å². The van der Waals surface area contributed by atoms with Crippen molar-refractivity contribution >= 4 is 11.5 Å². The second-order valence-electron chi connectivity index (χ2n) is 5.91. The fourth-order valence-electron chi connectivity index (χ4n) is 2.99. The molecule has 1 aromatic heterocycles. The Bertz CT molecular complexity index is 725. The number of hydrogen-bond acceptors (Lipinski definition) is 3. The monoisotopic (exact) mass is 329 g/mol. The van der Waals surface area contributed by atoms with Crippen LogP contribution >= 0.6 is 0 Å². The number of likely N-dealkylation sites (tertiary alicyclic amines) is 1. The van der Waals surface area contributed by atoms with E-state index in [0.29, 0.717) is 13.0 Å². The van der Waals surface area contributed by atoms with E-state index in [9.17, 15) is 9.18 Å². The van der Waals surface area contributed by atoms with Gasteiger partial charge in [0.15, 0.2) is 0 Å². The van der Waals surface area contributed by atoms with Crippen molar-refractivity contribution in [2.24, 2.45) is 0 Å². The Morgan fingerprint density at radius 1 is 1.42 bits per heavy atom. The van der Waals surface area contributed by atoms with Gasteiger partial charge < -0.3 is 14.6 Å². The second-order valence-corrected chi connectivity index (χ2v) is 5.91. The number of hydrogen-bond donors (Lipinski definition) is 1. The van der Waals surface area contributed by atoms with Crippen LogP contribution < -0.4 is 0 Å². The molecule has 126 valence electrons. The van der Waals surface area contributed by atoms with Gasteiger partial charge in [-0.1, -0.05) is 12.1 Å². The van der Waals surface area contributed by atoms with Gasteiger partial charge >= 0.3 is 0 Å². The van der Waals surface area contributed by atoms with Crippen LogP contribution in [0.15, 0.2) is 42.7 Å². The first-order valence-electron chi connectivity index (χ1n) is 7.85. The quantitative estimate of drug-likeness (QED) is 0.878. The van der Waals surface area contributed by atoms with E-state index in [0.717, 1.165) is 17.0 Å². The number of amides is 1. The zero-order chi connectivity index (χ0) is 17.1. The van der Waals surface area contributed by atoms with Crippen LogP contribution in [0.1, 0.15) is 30.8 Å². The van der Waals surface area contributed by atoms with E-state index < -0.39 is 0 Å². The van der Waals surface area contributed by atoms with Gasteiger partial charge in [0, 0.05) is 38.5 Å². The predicted molar refractivity (Wildman–Crippen MR) is 88.5 cm³/mol. The fraction of sp³-hybridized carbons (Fsp3) is 0.333. The van der Waals surface area contributed by atoms with Crippen LogP contribution in [0.2, 0.25) is 0 Å². The molecule has 5 nitrogen and oxygen atoms in total. The van der Waals surface area contributed by atoms with Crippen LogP contribution in [-0.4, -0.2) is 40.5 Å². The number of H-pyrrole nitrogens is 1. The smallest absolute Gasteiger partial charge is 0.247 e. The van der Waals surface area contributed by atoms with Crippen molar-refractivity contribution in [2.75, 3.05) is 13.7 Å². The van der Waals surface area contributed by atoms with Gasteiger partial charge in [0.1, 0.15) is 11.6 Å². The molecule has 0 aliphatic carbocycles. The van der Waals surface area contributed by atoms with Gasteiger partial charge in [0.2, 0.25) is 5.91 Å². The Hall–Kier alpha value is -2.47. The van der Waals surface area contributed by atoms with Crippen molar-refractivity contribution in [3.8, 4) is 0 Å². The summed E-state index contributed by atoms with van der Waals surface area (Å²) in [4.78, 5) is 21.9. The Morgan fingerprint density at radius 3 is 2.79 bits per heavy atom. The Kier molecular flexibility index (Phi) is 4.76. The van der Waals surface area contributed by atoms with E-state index in [1.165, 1.54) is 12.1 Å². The number of carbonyl (C=O) groups excluding carboxylic acids is 1. The lowest BCUT2D eigenvalue weighted by Gasteiger charge is -2.21. The van der Waals surface area contributed by atoms with E-state index >= 15 is 0 Å². The summed E-state index contributed by atoms with van der Waals surface area (Å²) in [5.41, 5.74) is 1.61. The number of halogens is 1. The third kappa shape index (κ3) is 3.38. The number of imidazole rings is 1. The van der Waals surface area contributed by atoms with Crippen molar-refractivity contribution in [1.29, 1.82) is 0 Å². The SMILES string of the molecule is CO[C@@H]1CC(c2ncc[nH]2)N(C(=O)/C=C(\C)c2ccc(F)cc2)C1. The first-order valence-corrected chi connectivity index (χ1v) is 7.85. The van der Waals surface area contributed by atoms with Gasteiger partial charge in [-0.05, 0) is 30.2 Å². The first-order chi connectivity index (χ1) is 11.6. The lowest BCUT2D eigenvalue weighted by Crippen LogP contribution is -2.31. The van der Waals surface area contributed by atoms with Crippen molar-refractivity contribution in [2.45, 2.75) is 25.5 Å². The minimum Gasteiger partial charge on any atom is -0.380 e. The summed E-state index contributed by atoms with van der Waals surface area (Å²) in [6, 6.07) is 5.98. The van der Waals surface area contributed by atoms with Crippen molar-refractivity contribution < 1.29 is 13.9 Å². The molecule has 1 amide bonds. The molecule has 1 aromatic carbocycles. The number of aromatic nitrogens is 2. The van der Waals surface area contributed by atoms with Crippen LogP contribution in [0.3, 0.4) is 0 Å². The number of nitrogens with one attached hydrogen (secondary N) is 1. The maximum Gasteiger partial charge on any atom is 0.247 e. The molecule has 2 heterocycles. The number of aromatic amines is 1. The number of methoxy groups -OCH3 is 1. The molecule has 2 aromatic rings. The molecular weight excluding hydrogens is 309 g/mol.